The highest BCUT2D eigenvalue weighted by molar-refractivity contribution is 5.78. The number of aromatic nitrogens is 1. The molecule has 1 heterocycles. The van der Waals surface area contributed by atoms with Crippen LogP contribution >= 0.6 is 0 Å². The smallest absolute Gasteiger partial charge is 0.258 e. The fraction of sp³-hybridized carbons (Fsp3) is 0.125. The number of oxazole rings is 1. The van der Waals surface area contributed by atoms with Crippen molar-refractivity contribution in [2.24, 2.45) is 0 Å². The largest absolute Gasteiger partial charge is 0.484 e. The van der Waals surface area contributed by atoms with Crippen LogP contribution in [0.15, 0.2) is 53.3 Å². The molecule has 3 rings (SSSR count). The zero-order valence-electron chi connectivity index (χ0n) is 11.6. The van der Waals surface area contributed by atoms with Crippen molar-refractivity contribution in [2.75, 3.05) is 6.61 Å². The normalized spacial score (nSPS) is 10.6. The van der Waals surface area contributed by atoms with E-state index >= 15 is 0 Å². The van der Waals surface area contributed by atoms with Crippen LogP contribution in [0.3, 0.4) is 0 Å². The Kier molecular flexibility index (Phi) is 4.00. The van der Waals surface area contributed by atoms with E-state index in [1.807, 2.05) is 18.2 Å². The molecule has 1 N–H and O–H groups in total. The summed E-state index contributed by atoms with van der Waals surface area (Å²) in [5.41, 5.74) is 2.35. The monoisotopic (exact) mass is 300 g/mol. The molecule has 22 heavy (non-hydrogen) atoms. The Morgan fingerprint density at radius 2 is 2.05 bits per heavy atom. The first-order valence-electron chi connectivity index (χ1n) is 6.68. The number of hydrogen-bond acceptors (Lipinski definition) is 4. The van der Waals surface area contributed by atoms with Crippen molar-refractivity contribution >= 4 is 17.0 Å². The number of fused-ring (bicyclic) bond motifs is 1. The van der Waals surface area contributed by atoms with Gasteiger partial charge in [0.25, 0.3) is 5.91 Å². The number of carbonyl (C=O) groups excluding carboxylic acids is 1. The van der Waals surface area contributed by atoms with Gasteiger partial charge in [-0.25, -0.2) is 9.37 Å². The maximum absolute atomic E-state index is 12.7. The summed E-state index contributed by atoms with van der Waals surface area (Å²) >= 11 is 0. The van der Waals surface area contributed by atoms with Crippen LogP contribution in [-0.4, -0.2) is 17.5 Å². The zero-order chi connectivity index (χ0) is 15.4. The van der Waals surface area contributed by atoms with Gasteiger partial charge in [-0.1, -0.05) is 6.07 Å². The van der Waals surface area contributed by atoms with Crippen molar-refractivity contribution in [3.05, 3.63) is 60.2 Å². The first-order chi connectivity index (χ1) is 10.7. The lowest BCUT2D eigenvalue weighted by Crippen LogP contribution is -2.28. The number of nitrogens with one attached hydrogen (secondary N) is 1. The summed E-state index contributed by atoms with van der Waals surface area (Å²) in [5.74, 6) is -0.166. The van der Waals surface area contributed by atoms with Crippen LogP contribution in [0.25, 0.3) is 11.1 Å². The number of nitrogens with zero attached hydrogens (tertiary/aromatic N) is 1. The molecule has 1 aromatic heterocycles. The molecule has 0 spiro atoms. The molecule has 0 unspecified atom stereocenters. The van der Waals surface area contributed by atoms with E-state index in [4.69, 9.17) is 9.15 Å². The summed E-state index contributed by atoms with van der Waals surface area (Å²) in [6.07, 6.45) is 1.38. The molecule has 6 heteroatoms. The maximum Gasteiger partial charge on any atom is 0.258 e. The van der Waals surface area contributed by atoms with Crippen molar-refractivity contribution in [2.45, 2.75) is 6.54 Å². The Balaban J connectivity index is 1.50. The molecule has 0 saturated carbocycles. The maximum atomic E-state index is 12.7. The summed E-state index contributed by atoms with van der Waals surface area (Å²) in [4.78, 5) is 15.7. The Morgan fingerprint density at radius 1 is 1.23 bits per heavy atom. The van der Waals surface area contributed by atoms with Crippen LogP contribution in [-0.2, 0) is 11.3 Å². The molecule has 0 aliphatic heterocycles. The minimum atomic E-state index is -0.348. The van der Waals surface area contributed by atoms with Gasteiger partial charge >= 0.3 is 0 Å². The number of ether oxygens (including phenoxy) is 1. The Bertz CT molecular complexity index is 783. The van der Waals surface area contributed by atoms with Gasteiger partial charge in [-0.2, -0.15) is 0 Å². The second kappa shape index (κ2) is 6.26. The first-order valence-corrected chi connectivity index (χ1v) is 6.68. The second-order valence-corrected chi connectivity index (χ2v) is 4.67. The third kappa shape index (κ3) is 3.41. The van der Waals surface area contributed by atoms with E-state index in [1.165, 1.54) is 30.7 Å². The van der Waals surface area contributed by atoms with Crippen LogP contribution in [0.5, 0.6) is 5.75 Å². The van der Waals surface area contributed by atoms with Gasteiger partial charge in [0, 0.05) is 6.54 Å². The summed E-state index contributed by atoms with van der Waals surface area (Å²) in [6.45, 7) is 0.235. The average molecular weight is 300 g/mol. The summed E-state index contributed by atoms with van der Waals surface area (Å²) < 4.78 is 23.2. The molecule has 2 aromatic carbocycles. The van der Waals surface area contributed by atoms with E-state index in [0.29, 0.717) is 17.9 Å². The van der Waals surface area contributed by atoms with Gasteiger partial charge < -0.3 is 14.5 Å². The number of carbonyl (C=O) groups is 1. The molecule has 112 valence electrons. The zero-order valence-corrected chi connectivity index (χ0v) is 11.6. The van der Waals surface area contributed by atoms with Crippen LogP contribution in [0.2, 0.25) is 0 Å². The molecule has 0 fully saturated rings. The van der Waals surface area contributed by atoms with Gasteiger partial charge in [-0.05, 0) is 42.0 Å². The van der Waals surface area contributed by atoms with Crippen LogP contribution < -0.4 is 10.1 Å². The third-order valence-corrected chi connectivity index (χ3v) is 3.07. The van der Waals surface area contributed by atoms with E-state index in [1.54, 1.807) is 0 Å². The highest BCUT2D eigenvalue weighted by atomic mass is 19.1. The van der Waals surface area contributed by atoms with E-state index in [-0.39, 0.29) is 18.3 Å². The number of benzene rings is 2. The molecule has 0 aliphatic carbocycles. The Morgan fingerprint density at radius 3 is 2.86 bits per heavy atom. The van der Waals surface area contributed by atoms with Gasteiger partial charge in [0.2, 0.25) is 0 Å². The van der Waals surface area contributed by atoms with E-state index in [2.05, 4.69) is 10.3 Å². The quantitative estimate of drug-likeness (QED) is 0.787. The molecule has 0 aliphatic rings. The third-order valence-electron chi connectivity index (χ3n) is 3.07. The molecule has 0 atom stereocenters. The fourth-order valence-electron chi connectivity index (χ4n) is 1.94. The second-order valence-electron chi connectivity index (χ2n) is 4.67. The molecular weight excluding hydrogens is 287 g/mol. The number of halogens is 1. The van der Waals surface area contributed by atoms with Crippen molar-refractivity contribution in [3.63, 3.8) is 0 Å². The number of amides is 1. The molecule has 0 bridgehead atoms. The van der Waals surface area contributed by atoms with Crippen LogP contribution in [0.4, 0.5) is 4.39 Å². The van der Waals surface area contributed by atoms with Crippen molar-refractivity contribution < 1.29 is 18.3 Å². The topological polar surface area (TPSA) is 64.4 Å². The molecule has 5 nitrogen and oxygen atoms in total. The van der Waals surface area contributed by atoms with Gasteiger partial charge in [-0.15, -0.1) is 0 Å². The lowest BCUT2D eigenvalue weighted by molar-refractivity contribution is -0.123. The molecular formula is C16H13FN2O3. The molecule has 1 amide bonds. The number of rotatable bonds is 5. The highest BCUT2D eigenvalue weighted by Gasteiger charge is 2.05. The van der Waals surface area contributed by atoms with Gasteiger partial charge in [0.1, 0.15) is 17.1 Å². The number of hydrogen-bond donors (Lipinski definition) is 1. The van der Waals surface area contributed by atoms with Crippen molar-refractivity contribution in [1.82, 2.24) is 10.3 Å². The van der Waals surface area contributed by atoms with Gasteiger partial charge in [0.05, 0.1) is 0 Å². The minimum Gasteiger partial charge on any atom is -0.484 e. The standard InChI is InChI=1S/C16H13FN2O3/c17-12-2-4-13(5-3-12)21-9-16(20)18-8-11-1-6-14-15(7-11)22-10-19-14/h1-7,10H,8-9H2,(H,18,20). The molecule has 3 aromatic rings. The lowest BCUT2D eigenvalue weighted by Gasteiger charge is -2.07. The van der Waals surface area contributed by atoms with E-state index in [9.17, 15) is 9.18 Å². The Hall–Kier alpha value is -2.89. The predicted molar refractivity (Wildman–Crippen MR) is 77.8 cm³/mol. The predicted octanol–water partition coefficient (Wildman–Crippen LogP) is 2.66. The average Bonchev–Trinajstić information content (AvgIpc) is 3.00. The minimum absolute atomic E-state index is 0.129. The van der Waals surface area contributed by atoms with Gasteiger partial charge in [-0.3, -0.25) is 4.79 Å². The molecule has 0 saturated heterocycles. The van der Waals surface area contributed by atoms with Gasteiger partial charge in [0.15, 0.2) is 18.6 Å². The van der Waals surface area contributed by atoms with Crippen molar-refractivity contribution in [3.8, 4) is 5.75 Å². The SMILES string of the molecule is O=C(COc1ccc(F)cc1)NCc1ccc2ncoc2c1. The summed E-state index contributed by atoms with van der Waals surface area (Å²) in [5, 5.41) is 2.74. The Labute approximate surface area is 125 Å². The summed E-state index contributed by atoms with van der Waals surface area (Å²) in [7, 11) is 0. The molecule has 0 radical (unpaired) electrons. The van der Waals surface area contributed by atoms with Crippen LogP contribution in [0.1, 0.15) is 5.56 Å². The van der Waals surface area contributed by atoms with E-state index in [0.717, 1.165) is 11.1 Å². The van der Waals surface area contributed by atoms with Crippen molar-refractivity contribution in [1.29, 1.82) is 0 Å². The first kappa shape index (κ1) is 14.1. The summed E-state index contributed by atoms with van der Waals surface area (Å²) in [6, 6.07) is 11.0. The van der Waals surface area contributed by atoms with Crippen LogP contribution in [0, 0.1) is 5.82 Å². The van der Waals surface area contributed by atoms with E-state index < -0.39 is 0 Å². The lowest BCUT2D eigenvalue weighted by atomic mass is 10.2. The fourth-order valence-corrected chi connectivity index (χ4v) is 1.94. The highest BCUT2D eigenvalue weighted by Crippen LogP contribution is 2.14.